The number of phenolic OH excluding ortho intramolecular Hbond substituents is 1. The van der Waals surface area contributed by atoms with Crippen LogP contribution in [0.25, 0.3) is 11.2 Å². The van der Waals surface area contributed by atoms with E-state index in [1.165, 1.54) is 24.8 Å². The molecule has 0 radical (unpaired) electrons. The van der Waals surface area contributed by atoms with Crippen molar-refractivity contribution in [2.75, 3.05) is 11.9 Å². The highest BCUT2D eigenvalue weighted by atomic mass is 16.6. The molecule has 3 aromatic rings. The van der Waals surface area contributed by atoms with Crippen LogP contribution in [0.4, 0.5) is 10.6 Å². The van der Waals surface area contributed by atoms with E-state index in [0.29, 0.717) is 16.7 Å². The third kappa shape index (κ3) is 6.93. The number of aromatic hydroxyl groups is 1. The molecular formula is C25H33N7O8. The first-order chi connectivity index (χ1) is 18.9. The molecule has 3 heterocycles. The maximum Gasteiger partial charge on any atom is 0.408 e. The number of amides is 2. The molecule has 4 rings (SSSR count). The van der Waals surface area contributed by atoms with E-state index in [2.05, 4.69) is 35.9 Å². The molecule has 15 heteroatoms. The summed E-state index contributed by atoms with van der Waals surface area (Å²) in [6.07, 6.45) is -3.65. The van der Waals surface area contributed by atoms with Crippen molar-refractivity contribution in [3.8, 4) is 5.75 Å². The van der Waals surface area contributed by atoms with Crippen LogP contribution in [0, 0.1) is 0 Å². The molecule has 15 nitrogen and oxygen atoms in total. The van der Waals surface area contributed by atoms with Crippen molar-refractivity contribution >= 4 is 29.0 Å². The third-order valence-corrected chi connectivity index (χ3v) is 6.12. The standard InChI is InChI=1S/C25H33N7O8/c1-25(2,3)40-24(38)30-14(8-12-4-6-13(34)7-5-12)22(37)31-16-15(9-33)39-23(19(36)18(16)35)32-21-17-20(27-10-26-17)28-11-29-21/h4-7,10-11,14-16,18-19,23,33-36H,8-9H2,1-3H3,(H,30,38)(H,31,37)(H2,26,27,28,29,32)/t14-,15-,16?,18+,19-,23-/m0/s1. The molecule has 1 aliphatic heterocycles. The summed E-state index contributed by atoms with van der Waals surface area (Å²) in [5.74, 6) is -0.447. The van der Waals surface area contributed by atoms with Gasteiger partial charge in [0.1, 0.15) is 47.5 Å². The van der Waals surface area contributed by atoms with E-state index < -0.39 is 60.8 Å². The van der Waals surface area contributed by atoms with Crippen molar-refractivity contribution < 1.29 is 39.5 Å². The molecule has 0 aliphatic carbocycles. The number of aliphatic hydroxyl groups is 3. The number of ether oxygens (including phenoxy) is 2. The number of aromatic nitrogens is 4. The Morgan fingerprint density at radius 2 is 1.85 bits per heavy atom. The highest BCUT2D eigenvalue weighted by Crippen LogP contribution is 2.25. The summed E-state index contributed by atoms with van der Waals surface area (Å²) in [6, 6.07) is 3.64. The number of nitrogens with one attached hydrogen (secondary N) is 4. The van der Waals surface area contributed by atoms with Gasteiger partial charge in [0.25, 0.3) is 0 Å². The quantitative estimate of drug-likeness (QED) is 0.175. The van der Waals surface area contributed by atoms with E-state index in [1.54, 1.807) is 32.9 Å². The van der Waals surface area contributed by atoms with Crippen LogP contribution >= 0.6 is 0 Å². The fourth-order valence-corrected chi connectivity index (χ4v) is 4.22. The lowest BCUT2D eigenvalue weighted by atomic mass is 9.94. The number of nitrogens with zero attached hydrogens (tertiary/aromatic N) is 3. The van der Waals surface area contributed by atoms with Gasteiger partial charge >= 0.3 is 6.09 Å². The number of carbonyl (C=O) groups is 2. The molecule has 216 valence electrons. The SMILES string of the molecule is CC(C)(C)OC(=O)N[C@@H](Cc1ccc(O)cc1)C(=O)NC1[C@H](CO)O[C@H](Nc2ncnc3nc[nH]c23)[C@@H](O)[C@@H]1O. The van der Waals surface area contributed by atoms with Crippen LogP contribution in [-0.2, 0) is 20.7 Å². The van der Waals surface area contributed by atoms with Gasteiger partial charge in [0.15, 0.2) is 17.7 Å². The number of fused-ring (bicyclic) bond motifs is 1. The minimum absolute atomic E-state index is 0.0133. The zero-order chi connectivity index (χ0) is 29.0. The molecule has 1 fully saturated rings. The van der Waals surface area contributed by atoms with Crippen LogP contribution in [0.5, 0.6) is 5.75 Å². The number of anilines is 1. The van der Waals surface area contributed by atoms with Gasteiger partial charge in [-0.2, -0.15) is 0 Å². The van der Waals surface area contributed by atoms with E-state index in [-0.39, 0.29) is 18.0 Å². The van der Waals surface area contributed by atoms with E-state index >= 15 is 0 Å². The Morgan fingerprint density at radius 3 is 2.52 bits per heavy atom. The Hall–Kier alpha value is -4.05. The van der Waals surface area contributed by atoms with Crippen LogP contribution < -0.4 is 16.0 Å². The van der Waals surface area contributed by atoms with Gasteiger partial charge in [0, 0.05) is 6.42 Å². The molecular weight excluding hydrogens is 526 g/mol. The zero-order valence-corrected chi connectivity index (χ0v) is 22.1. The molecule has 40 heavy (non-hydrogen) atoms. The maximum atomic E-state index is 13.4. The number of aromatic amines is 1. The predicted octanol–water partition coefficient (Wildman–Crippen LogP) is -0.470. The summed E-state index contributed by atoms with van der Waals surface area (Å²) in [7, 11) is 0. The molecule has 0 saturated carbocycles. The Balaban J connectivity index is 1.49. The van der Waals surface area contributed by atoms with Gasteiger partial charge in [-0.3, -0.25) is 4.79 Å². The number of carbonyl (C=O) groups excluding carboxylic acids is 2. The lowest BCUT2D eigenvalue weighted by molar-refractivity contribution is -0.185. The minimum Gasteiger partial charge on any atom is -0.508 e. The van der Waals surface area contributed by atoms with Gasteiger partial charge in [0.05, 0.1) is 19.0 Å². The summed E-state index contributed by atoms with van der Waals surface area (Å²) in [5.41, 5.74) is 0.599. The summed E-state index contributed by atoms with van der Waals surface area (Å²) >= 11 is 0. The predicted molar refractivity (Wildman–Crippen MR) is 140 cm³/mol. The monoisotopic (exact) mass is 559 g/mol. The second-order valence-electron chi connectivity index (χ2n) is 10.3. The Morgan fingerprint density at radius 1 is 1.12 bits per heavy atom. The molecule has 1 aliphatic rings. The number of aliphatic hydroxyl groups excluding tert-OH is 3. The van der Waals surface area contributed by atoms with Crippen molar-refractivity contribution in [3.05, 3.63) is 42.5 Å². The lowest BCUT2D eigenvalue weighted by Gasteiger charge is -2.43. The number of hydrogen-bond donors (Lipinski definition) is 8. The topological polar surface area (TPSA) is 224 Å². The highest BCUT2D eigenvalue weighted by Gasteiger charge is 2.46. The fourth-order valence-electron chi connectivity index (χ4n) is 4.22. The molecule has 0 bridgehead atoms. The number of alkyl carbamates (subject to hydrolysis) is 1. The Kier molecular flexibility index (Phi) is 8.68. The minimum atomic E-state index is -1.58. The van der Waals surface area contributed by atoms with E-state index in [1.807, 2.05) is 0 Å². The molecule has 1 unspecified atom stereocenters. The first-order valence-electron chi connectivity index (χ1n) is 12.6. The summed E-state index contributed by atoms with van der Waals surface area (Å²) in [4.78, 5) is 40.9. The van der Waals surface area contributed by atoms with Crippen molar-refractivity contribution in [3.63, 3.8) is 0 Å². The van der Waals surface area contributed by atoms with Gasteiger partial charge in [0.2, 0.25) is 5.91 Å². The molecule has 8 N–H and O–H groups in total. The van der Waals surface area contributed by atoms with Crippen LogP contribution in [0.15, 0.2) is 36.9 Å². The number of benzene rings is 1. The van der Waals surface area contributed by atoms with Crippen LogP contribution in [-0.4, -0.2) is 101 Å². The van der Waals surface area contributed by atoms with Crippen molar-refractivity contribution in [1.82, 2.24) is 30.6 Å². The summed E-state index contributed by atoms with van der Waals surface area (Å²) in [6.45, 7) is 4.41. The molecule has 2 aromatic heterocycles. The number of rotatable bonds is 8. The lowest BCUT2D eigenvalue weighted by Crippen LogP contribution is -2.67. The van der Waals surface area contributed by atoms with E-state index in [4.69, 9.17) is 9.47 Å². The maximum absolute atomic E-state index is 13.4. The third-order valence-electron chi connectivity index (χ3n) is 6.12. The number of imidazole rings is 1. The van der Waals surface area contributed by atoms with Gasteiger partial charge in [-0.15, -0.1) is 0 Å². The van der Waals surface area contributed by atoms with Gasteiger partial charge in [-0.05, 0) is 38.5 Å². The molecule has 1 saturated heterocycles. The molecule has 6 atom stereocenters. The molecule has 1 aromatic carbocycles. The van der Waals surface area contributed by atoms with Crippen LogP contribution in [0.1, 0.15) is 26.3 Å². The smallest absolute Gasteiger partial charge is 0.408 e. The normalized spacial score (nSPS) is 23.8. The Bertz CT molecular complexity index is 1310. The summed E-state index contributed by atoms with van der Waals surface area (Å²) in [5, 5.41) is 49.4. The zero-order valence-electron chi connectivity index (χ0n) is 22.1. The second-order valence-corrected chi connectivity index (χ2v) is 10.3. The fraction of sp³-hybridized carbons (Fsp3) is 0.480. The van der Waals surface area contributed by atoms with Gasteiger partial charge < -0.3 is 50.8 Å². The number of H-pyrrole nitrogens is 1. The first kappa shape index (κ1) is 28.9. The molecule has 0 spiro atoms. The van der Waals surface area contributed by atoms with E-state index in [9.17, 15) is 30.0 Å². The number of hydrogen-bond acceptors (Lipinski definition) is 12. The second kappa shape index (κ2) is 12.0. The largest absolute Gasteiger partial charge is 0.508 e. The average Bonchev–Trinajstić information content (AvgIpc) is 3.38. The number of phenols is 1. The van der Waals surface area contributed by atoms with E-state index in [0.717, 1.165) is 0 Å². The van der Waals surface area contributed by atoms with Crippen molar-refractivity contribution in [2.24, 2.45) is 0 Å². The van der Waals surface area contributed by atoms with Crippen molar-refractivity contribution in [2.45, 2.75) is 69.4 Å². The average molecular weight is 560 g/mol. The van der Waals surface area contributed by atoms with Crippen molar-refractivity contribution in [1.29, 1.82) is 0 Å². The van der Waals surface area contributed by atoms with Gasteiger partial charge in [-0.25, -0.2) is 19.7 Å². The molecule has 2 amide bonds. The highest BCUT2D eigenvalue weighted by molar-refractivity contribution is 5.86. The van der Waals surface area contributed by atoms with Crippen LogP contribution in [0.3, 0.4) is 0 Å². The first-order valence-corrected chi connectivity index (χ1v) is 12.6. The Labute approximate surface area is 229 Å². The van der Waals surface area contributed by atoms with Gasteiger partial charge in [-0.1, -0.05) is 12.1 Å². The summed E-state index contributed by atoms with van der Waals surface area (Å²) < 4.78 is 11.1. The van der Waals surface area contributed by atoms with Crippen LogP contribution in [0.2, 0.25) is 0 Å².